The number of hydrogen-bond donors (Lipinski definition) is 1. The van der Waals surface area contributed by atoms with Gasteiger partial charge in [0.2, 0.25) is 0 Å². The van der Waals surface area contributed by atoms with Crippen molar-refractivity contribution in [2.75, 3.05) is 31.6 Å². The molecule has 0 unspecified atom stereocenters. The highest BCUT2D eigenvalue weighted by Crippen LogP contribution is 2.23. The molecule has 2 amide bonds. The Morgan fingerprint density at radius 2 is 1.53 bits per heavy atom. The summed E-state index contributed by atoms with van der Waals surface area (Å²) in [6.45, 7) is -2.04. The molecule has 0 saturated carbocycles. The second kappa shape index (κ2) is 11.4. The highest BCUT2D eigenvalue weighted by molar-refractivity contribution is 5.93. The van der Waals surface area contributed by atoms with Crippen molar-refractivity contribution in [2.45, 2.75) is 19.0 Å². The molecule has 3 rings (SSSR count). The van der Waals surface area contributed by atoms with Crippen molar-refractivity contribution >= 4 is 23.7 Å². The Hall–Kier alpha value is -3.76. The number of carbonyl (C=O) groups is 3. The molecule has 1 N–H and O–H groups in total. The van der Waals surface area contributed by atoms with Crippen LogP contribution < -0.4 is 10.1 Å². The summed E-state index contributed by atoms with van der Waals surface area (Å²) in [5.41, 5.74) is 0.493. The fourth-order valence-corrected chi connectivity index (χ4v) is 3.22. The number of nitrogens with one attached hydrogen (secondary N) is 1. The summed E-state index contributed by atoms with van der Waals surface area (Å²) in [5.74, 6) is -0.434. The smallest absolute Gasteiger partial charge is 0.422 e. The van der Waals surface area contributed by atoms with E-state index in [0.717, 1.165) is 4.90 Å². The van der Waals surface area contributed by atoms with Gasteiger partial charge in [-0.15, -0.1) is 0 Å². The third-order valence-electron chi connectivity index (χ3n) is 4.91. The number of piperidine rings is 1. The molecule has 8 nitrogen and oxygen atoms in total. The van der Waals surface area contributed by atoms with Crippen LogP contribution in [0, 0.1) is 5.92 Å². The van der Waals surface area contributed by atoms with Crippen molar-refractivity contribution < 1.29 is 41.8 Å². The van der Waals surface area contributed by atoms with Gasteiger partial charge in [0.05, 0.1) is 5.92 Å². The molecule has 0 aromatic heterocycles. The Labute approximate surface area is 193 Å². The van der Waals surface area contributed by atoms with Crippen LogP contribution in [0.4, 0.5) is 23.7 Å². The maximum absolute atomic E-state index is 12.2. The number of rotatable bonds is 7. The summed E-state index contributed by atoms with van der Waals surface area (Å²) in [4.78, 5) is 37.0. The number of alkyl halides is 3. The monoisotopic (exact) mass is 480 g/mol. The van der Waals surface area contributed by atoms with E-state index < -0.39 is 43.3 Å². The molecule has 182 valence electrons. The van der Waals surface area contributed by atoms with E-state index >= 15 is 0 Å². The van der Waals surface area contributed by atoms with Gasteiger partial charge in [-0.25, -0.2) is 4.79 Å². The number of benzene rings is 2. The van der Waals surface area contributed by atoms with Gasteiger partial charge in [-0.1, -0.05) is 18.2 Å². The summed E-state index contributed by atoms with van der Waals surface area (Å²) >= 11 is 0. The standard InChI is InChI=1S/C23H23F3N2O6/c24-23(25,26)15-33-22(31)28-12-10-16(11-13-28)21(30)32-14-20(29)27-17-6-8-19(9-7-17)34-18-4-2-1-3-5-18/h1-9,16H,10-15H2,(H,27,29). The van der Waals surface area contributed by atoms with Crippen molar-refractivity contribution in [2.24, 2.45) is 5.92 Å². The normalized spacial score (nSPS) is 14.3. The first-order valence-corrected chi connectivity index (χ1v) is 10.5. The maximum Gasteiger partial charge on any atom is 0.422 e. The lowest BCUT2D eigenvalue weighted by Gasteiger charge is -2.30. The van der Waals surface area contributed by atoms with E-state index in [1.807, 2.05) is 30.3 Å². The van der Waals surface area contributed by atoms with E-state index in [-0.39, 0.29) is 25.9 Å². The average Bonchev–Trinajstić information content (AvgIpc) is 2.82. The largest absolute Gasteiger partial charge is 0.457 e. The van der Waals surface area contributed by atoms with Crippen LogP contribution in [0.1, 0.15) is 12.8 Å². The lowest BCUT2D eigenvalue weighted by Crippen LogP contribution is -2.42. The van der Waals surface area contributed by atoms with Crippen molar-refractivity contribution in [3.8, 4) is 11.5 Å². The number of hydrogen-bond acceptors (Lipinski definition) is 6. The van der Waals surface area contributed by atoms with E-state index in [1.165, 1.54) is 0 Å². The van der Waals surface area contributed by atoms with Crippen molar-refractivity contribution in [3.05, 3.63) is 54.6 Å². The second-order valence-electron chi connectivity index (χ2n) is 7.53. The maximum atomic E-state index is 12.2. The number of esters is 1. The van der Waals surface area contributed by atoms with Crippen LogP contribution in [-0.4, -0.2) is 55.3 Å². The number of nitrogens with zero attached hydrogens (tertiary/aromatic N) is 1. The predicted molar refractivity (Wildman–Crippen MR) is 114 cm³/mol. The first kappa shape index (κ1) is 24.9. The molecule has 11 heteroatoms. The minimum atomic E-state index is -4.60. The molecular weight excluding hydrogens is 457 g/mol. The van der Waals surface area contributed by atoms with Crippen molar-refractivity contribution in [1.82, 2.24) is 4.90 Å². The van der Waals surface area contributed by atoms with Gasteiger partial charge in [-0.05, 0) is 49.2 Å². The SMILES string of the molecule is O=C(COC(=O)C1CCN(C(=O)OCC(F)(F)F)CC1)Nc1ccc(Oc2ccccc2)cc1. The van der Waals surface area contributed by atoms with Gasteiger partial charge in [-0.2, -0.15) is 13.2 Å². The number of halogens is 3. The van der Waals surface area contributed by atoms with Crippen LogP contribution >= 0.6 is 0 Å². The van der Waals surface area contributed by atoms with E-state index in [0.29, 0.717) is 17.2 Å². The van der Waals surface area contributed by atoms with Crippen LogP contribution in [0.15, 0.2) is 54.6 Å². The minimum Gasteiger partial charge on any atom is -0.457 e. The van der Waals surface area contributed by atoms with Gasteiger partial charge < -0.3 is 24.4 Å². The molecule has 0 spiro atoms. The van der Waals surface area contributed by atoms with Crippen LogP contribution in [-0.2, 0) is 19.1 Å². The average molecular weight is 480 g/mol. The molecule has 2 aromatic carbocycles. The zero-order chi connectivity index (χ0) is 24.6. The molecule has 0 atom stereocenters. The molecule has 1 fully saturated rings. The molecule has 34 heavy (non-hydrogen) atoms. The minimum absolute atomic E-state index is 0.0556. The summed E-state index contributed by atoms with van der Waals surface area (Å²) in [6.07, 6.45) is -5.28. The van der Waals surface area contributed by atoms with E-state index in [4.69, 9.17) is 9.47 Å². The zero-order valence-electron chi connectivity index (χ0n) is 18.0. The molecule has 0 radical (unpaired) electrons. The van der Waals surface area contributed by atoms with Crippen molar-refractivity contribution in [3.63, 3.8) is 0 Å². The lowest BCUT2D eigenvalue weighted by atomic mass is 9.97. The Morgan fingerprint density at radius 1 is 0.912 bits per heavy atom. The molecule has 0 aliphatic carbocycles. The predicted octanol–water partition coefficient (Wildman–Crippen LogP) is 4.37. The van der Waals surface area contributed by atoms with Gasteiger partial charge in [0.25, 0.3) is 5.91 Å². The molecule has 1 aliphatic heterocycles. The Bertz CT molecular complexity index is 974. The Balaban J connectivity index is 1.36. The third-order valence-corrected chi connectivity index (χ3v) is 4.91. The van der Waals surface area contributed by atoms with Gasteiger partial charge >= 0.3 is 18.2 Å². The van der Waals surface area contributed by atoms with Gasteiger partial charge in [0.15, 0.2) is 13.2 Å². The van der Waals surface area contributed by atoms with Crippen LogP contribution in [0.25, 0.3) is 0 Å². The van der Waals surface area contributed by atoms with Gasteiger partial charge in [0.1, 0.15) is 11.5 Å². The lowest BCUT2D eigenvalue weighted by molar-refractivity contribution is -0.163. The summed E-state index contributed by atoms with van der Waals surface area (Å²) in [6, 6.07) is 15.9. The molecule has 0 bridgehead atoms. The van der Waals surface area contributed by atoms with E-state index in [9.17, 15) is 27.6 Å². The van der Waals surface area contributed by atoms with Crippen molar-refractivity contribution in [1.29, 1.82) is 0 Å². The quantitative estimate of drug-likeness (QED) is 0.592. The second-order valence-corrected chi connectivity index (χ2v) is 7.53. The number of amides is 2. The fraction of sp³-hybridized carbons (Fsp3) is 0.348. The van der Waals surface area contributed by atoms with E-state index in [1.54, 1.807) is 24.3 Å². The highest BCUT2D eigenvalue weighted by atomic mass is 19.4. The highest BCUT2D eigenvalue weighted by Gasteiger charge is 2.33. The summed E-state index contributed by atoms with van der Waals surface area (Å²) in [7, 11) is 0. The number of anilines is 1. The summed E-state index contributed by atoms with van der Waals surface area (Å²) in [5, 5.41) is 2.61. The molecule has 2 aromatic rings. The topological polar surface area (TPSA) is 94.2 Å². The van der Waals surface area contributed by atoms with Gasteiger partial charge in [-0.3, -0.25) is 9.59 Å². The fourth-order valence-electron chi connectivity index (χ4n) is 3.22. The number of para-hydroxylation sites is 1. The first-order valence-electron chi connectivity index (χ1n) is 10.5. The molecule has 1 saturated heterocycles. The van der Waals surface area contributed by atoms with Crippen LogP contribution in [0.5, 0.6) is 11.5 Å². The van der Waals surface area contributed by atoms with E-state index in [2.05, 4.69) is 10.1 Å². The molecule has 1 heterocycles. The Kier molecular flexibility index (Phi) is 8.34. The zero-order valence-corrected chi connectivity index (χ0v) is 18.0. The number of ether oxygens (including phenoxy) is 3. The van der Waals surface area contributed by atoms with Crippen LogP contribution in [0.3, 0.4) is 0 Å². The number of carbonyl (C=O) groups excluding carboxylic acids is 3. The Morgan fingerprint density at radius 3 is 2.15 bits per heavy atom. The summed E-state index contributed by atoms with van der Waals surface area (Å²) < 4.78 is 51.3. The first-order chi connectivity index (χ1) is 16.2. The van der Waals surface area contributed by atoms with Crippen LogP contribution in [0.2, 0.25) is 0 Å². The number of likely N-dealkylation sites (tertiary alicyclic amines) is 1. The molecular formula is C23H23F3N2O6. The molecule has 1 aliphatic rings. The third kappa shape index (κ3) is 7.98. The van der Waals surface area contributed by atoms with Gasteiger partial charge in [0, 0.05) is 18.8 Å².